The molecule has 15 heteroatoms. The van der Waals surface area contributed by atoms with E-state index in [0.717, 1.165) is 17.5 Å². The Hall–Kier alpha value is -5.36. The highest BCUT2D eigenvalue weighted by Gasteiger charge is 2.67. The Bertz CT molecular complexity index is 2280. The fraction of sp³-hybridized carbons (Fsp3) is 0.351. The summed E-state index contributed by atoms with van der Waals surface area (Å²) in [6.07, 6.45) is -3.29. The molecule has 1 amide bonds. The topological polar surface area (TPSA) is 110 Å². The van der Waals surface area contributed by atoms with Crippen LogP contribution in [0.3, 0.4) is 0 Å². The molecule has 2 aromatic carbocycles. The van der Waals surface area contributed by atoms with Crippen molar-refractivity contribution in [1.82, 2.24) is 29.9 Å². The van der Waals surface area contributed by atoms with E-state index in [4.69, 9.17) is 4.98 Å². The van der Waals surface area contributed by atoms with E-state index in [0.29, 0.717) is 33.2 Å². The first-order chi connectivity index (χ1) is 24.5. The number of carbonyl (C=O) groups is 1. The number of amides is 1. The van der Waals surface area contributed by atoms with Crippen molar-refractivity contribution in [3.8, 4) is 23.0 Å². The van der Waals surface area contributed by atoms with Gasteiger partial charge in [-0.15, -0.1) is 0 Å². The molecule has 1 unspecified atom stereocenters. The lowest BCUT2D eigenvalue weighted by atomic mass is 9.93. The Morgan fingerprint density at radius 2 is 1.81 bits per heavy atom. The number of hydrogen-bond donors (Lipinski definition) is 3. The number of fused-ring (bicyclic) bond motifs is 4. The minimum absolute atomic E-state index is 0.0598. The molecule has 3 atom stereocenters. The number of carbonyl (C=O) groups excluding carboxylic acids is 1. The summed E-state index contributed by atoms with van der Waals surface area (Å²) in [7, 11) is 3.47. The first-order valence-corrected chi connectivity index (χ1v) is 16.5. The zero-order valence-electron chi connectivity index (χ0n) is 28.4. The van der Waals surface area contributed by atoms with Gasteiger partial charge in [-0.1, -0.05) is 18.1 Å². The van der Waals surface area contributed by atoms with Gasteiger partial charge in [-0.25, -0.2) is 22.5 Å². The van der Waals surface area contributed by atoms with Crippen LogP contribution in [0.25, 0.3) is 22.0 Å². The number of alkyl halides is 4. The van der Waals surface area contributed by atoms with E-state index in [9.17, 15) is 27.5 Å². The van der Waals surface area contributed by atoms with Crippen LogP contribution >= 0.6 is 0 Å². The molecule has 270 valence electrons. The first kappa shape index (κ1) is 35.1. The van der Waals surface area contributed by atoms with Crippen molar-refractivity contribution in [2.75, 3.05) is 12.4 Å². The van der Waals surface area contributed by atoms with Crippen LogP contribution in [0.4, 0.5) is 32.2 Å². The van der Waals surface area contributed by atoms with Gasteiger partial charge in [0.25, 0.3) is 12.3 Å². The van der Waals surface area contributed by atoms with E-state index < -0.39 is 71.3 Å². The third-order valence-electron chi connectivity index (χ3n) is 9.30. The van der Waals surface area contributed by atoms with Gasteiger partial charge in [0.05, 0.1) is 17.3 Å². The van der Waals surface area contributed by atoms with Gasteiger partial charge in [-0.3, -0.25) is 14.2 Å². The molecular formula is C37H33F6N7O2. The fourth-order valence-corrected chi connectivity index (χ4v) is 7.13. The second-order valence-electron chi connectivity index (χ2n) is 13.6. The van der Waals surface area contributed by atoms with E-state index in [1.807, 2.05) is 6.07 Å². The number of para-hydroxylation sites is 1. The Morgan fingerprint density at radius 1 is 1.08 bits per heavy atom. The number of halogens is 6. The highest BCUT2D eigenvalue weighted by molar-refractivity contribution is 6.00. The smallest absolute Gasteiger partial charge is 0.293 e. The third kappa shape index (κ3) is 6.36. The number of aryl methyl sites for hydroxylation is 1. The molecule has 3 aromatic heterocycles. The molecule has 0 bridgehead atoms. The van der Waals surface area contributed by atoms with E-state index in [2.05, 4.69) is 32.7 Å². The van der Waals surface area contributed by atoms with Gasteiger partial charge in [0.1, 0.15) is 40.9 Å². The summed E-state index contributed by atoms with van der Waals surface area (Å²) in [5.41, 5.74) is -0.800. The van der Waals surface area contributed by atoms with Crippen molar-refractivity contribution < 1.29 is 36.2 Å². The molecule has 2 aliphatic carbocycles. The first-order valence-electron chi connectivity index (χ1n) is 16.5. The fourth-order valence-electron chi connectivity index (χ4n) is 7.13. The van der Waals surface area contributed by atoms with Gasteiger partial charge >= 0.3 is 0 Å². The molecule has 1 saturated carbocycles. The summed E-state index contributed by atoms with van der Waals surface area (Å²) >= 11 is 0. The van der Waals surface area contributed by atoms with Gasteiger partial charge in [0, 0.05) is 48.2 Å². The average molecular weight is 722 g/mol. The summed E-state index contributed by atoms with van der Waals surface area (Å²) in [4.78, 5) is 18.6. The lowest BCUT2D eigenvalue weighted by Crippen LogP contribution is -2.35. The van der Waals surface area contributed by atoms with Crippen molar-refractivity contribution in [1.29, 1.82) is 0 Å². The van der Waals surface area contributed by atoms with Crippen LogP contribution in [0.1, 0.15) is 72.6 Å². The van der Waals surface area contributed by atoms with Crippen LogP contribution in [-0.4, -0.2) is 48.2 Å². The molecule has 0 spiro atoms. The number of nitrogens with one attached hydrogen (secondary N) is 2. The molecule has 0 aliphatic heterocycles. The number of pyridine rings is 1. The van der Waals surface area contributed by atoms with Crippen LogP contribution in [0.15, 0.2) is 48.5 Å². The largest absolute Gasteiger partial charge is 0.378 e. The molecule has 9 nitrogen and oxygen atoms in total. The molecular weight excluding hydrogens is 688 g/mol. The number of hydrogen-bond acceptors (Lipinski definition) is 6. The zero-order valence-corrected chi connectivity index (χ0v) is 28.4. The Labute approximate surface area is 294 Å². The maximum atomic E-state index is 15.3. The van der Waals surface area contributed by atoms with E-state index in [1.165, 1.54) is 13.8 Å². The lowest BCUT2D eigenvalue weighted by Gasteiger charge is -2.23. The lowest BCUT2D eigenvalue weighted by molar-refractivity contribution is -0.123. The maximum Gasteiger partial charge on any atom is 0.293 e. The number of nitrogens with zero attached hydrogens (tertiary/aromatic N) is 5. The molecule has 5 aromatic rings. The second kappa shape index (κ2) is 12.7. The molecule has 3 N–H and O–H groups in total. The van der Waals surface area contributed by atoms with Crippen LogP contribution in [0.5, 0.6) is 0 Å². The average Bonchev–Trinajstić information content (AvgIpc) is 3.60. The van der Waals surface area contributed by atoms with Crippen molar-refractivity contribution in [2.45, 2.75) is 63.1 Å². The van der Waals surface area contributed by atoms with Crippen molar-refractivity contribution in [3.63, 3.8) is 0 Å². The highest BCUT2D eigenvalue weighted by Crippen LogP contribution is 2.68. The number of anilines is 1. The summed E-state index contributed by atoms with van der Waals surface area (Å²) in [5.74, 6) is -1.86. The van der Waals surface area contributed by atoms with Crippen LogP contribution < -0.4 is 10.6 Å². The quantitative estimate of drug-likeness (QED) is 0.118. The number of aliphatic hydroxyl groups is 1. The second-order valence-corrected chi connectivity index (χ2v) is 13.6. The normalized spacial score (nSPS) is 17.8. The number of aromatic nitrogens is 5. The standard InChI is InChI=1S/C37H33F6N7O2/c1-36(2,52)11-10-21-8-9-22(23-6-5-7-24-32(23)49(4)48-35(24)44-3)30(45-21)27(14-18-12-19(38)15-20(39)13-18)46-28(51)17-50-33-29(31(47-50)34(40)41)25-16-26(25)37(33,42)43/h5-9,12-13,15,25-27,34,52H,14,16-17H2,1-4H3,(H,44,48)(H,46,51)/t25-,26+,27?/m0/s1. The van der Waals surface area contributed by atoms with E-state index in [-0.39, 0.29) is 35.4 Å². The third-order valence-corrected chi connectivity index (χ3v) is 9.30. The summed E-state index contributed by atoms with van der Waals surface area (Å²) in [6, 6.07) is 10.5. The van der Waals surface area contributed by atoms with E-state index in [1.54, 1.807) is 43.0 Å². The molecule has 52 heavy (non-hydrogen) atoms. The van der Waals surface area contributed by atoms with Crippen molar-refractivity contribution in [3.05, 3.63) is 94.1 Å². The summed E-state index contributed by atoms with van der Waals surface area (Å²) in [6.45, 7) is 2.13. The van der Waals surface area contributed by atoms with Gasteiger partial charge < -0.3 is 15.7 Å². The molecule has 0 radical (unpaired) electrons. The predicted octanol–water partition coefficient (Wildman–Crippen LogP) is 6.52. The highest BCUT2D eigenvalue weighted by atomic mass is 19.3. The minimum Gasteiger partial charge on any atom is -0.378 e. The van der Waals surface area contributed by atoms with Crippen LogP contribution in [0, 0.1) is 29.4 Å². The Morgan fingerprint density at radius 3 is 2.48 bits per heavy atom. The van der Waals surface area contributed by atoms with Crippen molar-refractivity contribution >= 4 is 22.6 Å². The van der Waals surface area contributed by atoms with Crippen molar-refractivity contribution in [2.24, 2.45) is 13.0 Å². The van der Waals surface area contributed by atoms with Gasteiger partial charge in [-0.2, -0.15) is 19.0 Å². The molecule has 0 saturated heterocycles. The summed E-state index contributed by atoms with van der Waals surface area (Å²) < 4.78 is 89.8. The Kier molecular flexibility index (Phi) is 8.56. The SMILES string of the molecule is CNc1nn(C)c2c(-c3ccc(C#CC(C)(C)O)nc3C(Cc3cc(F)cc(F)c3)NC(=O)Cn3nc(C(F)F)c4c3C(F)(F)[C@@H]3C[C@H]43)cccc12. The monoisotopic (exact) mass is 721 g/mol. The van der Waals surface area contributed by atoms with Crippen LogP contribution in [-0.2, 0) is 30.7 Å². The van der Waals surface area contributed by atoms with Gasteiger partial charge in [0.2, 0.25) is 5.91 Å². The maximum absolute atomic E-state index is 15.3. The van der Waals surface area contributed by atoms with E-state index >= 15 is 8.78 Å². The number of rotatable bonds is 9. The molecule has 2 aliphatic rings. The molecule has 7 rings (SSSR count). The Balaban J connectivity index is 1.36. The minimum atomic E-state index is -3.45. The number of benzene rings is 2. The van der Waals surface area contributed by atoms with Crippen LogP contribution in [0.2, 0.25) is 0 Å². The summed E-state index contributed by atoms with van der Waals surface area (Å²) in [5, 5.41) is 25.2. The predicted molar refractivity (Wildman–Crippen MR) is 180 cm³/mol. The van der Waals surface area contributed by atoms with Gasteiger partial charge in [0.15, 0.2) is 5.82 Å². The molecule has 3 heterocycles. The molecule has 1 fully saturated rings. The van der Waals surface area contributed by atoms with Gasteiger partial charge in [-0.05, 0) is 74.4 Å². The zero-order chi connectivity index (χ0) is 37.3.